The molecule has 0 aliphatic carbocycles. The van der Waals surface area contributed by atoms with Gasteiger partial charge in [-0.15, -0.1) is 11.3 Å². The molecule has 1 aromatic carbocycles. The molecule has 27 heavy (non-hydrogen) atoms. The number of nitrogens with one attached hydrogen (secondary N) is 1. The van der Waals surface area contributed by atoms with Crippen molar-refractivity contribution in [2.75, 3.05) is 16.8 Å². The molecule has 0 bridgehead atoms. The Morgan fingerprint density at radius 3 is 2.81 bits per heavy atom. The van der Waals surface area contributed by atoms with Crippen LogP contribution in [0.3, 0.4) is 0 Å². The number of thioether (sulfide) groups is 1. The van der Waals surface area contributed by atoms with Gasteiger partial charge in [0.1, 0.15) is 16.4 Å². The fourth-order valence-corrected chi connectivity index (χ4v) is 4.16. The number of nitrogens with zero attached hydrogens (tertiary/aromatic N) is 2. The van der Waals surface area contributed by atoms with E-state index >= 15 is 0 Å². The Labute approximate surface area is 162 Å². The first-order valence-corrected chi connectivity index (χ1v) is 9.65. The molecule has 0 saturated heterocycles. The third-order valence-corrected chi connectivity index (χ3v) is 5.69. The van der Waals surface area contributed by atoms with Gasteiger partial charge in [-0.05, 0) is 31.5 Å². The number of halogens is 2. The molecule has 1 amide bonds. The SMILES string of the molecule is Cc1sc2nc(SCC(=O)Nc3ccccc3OC(F)F)nc(N)c2c1C. The molecule has 0 aliphatic rings. The van der Waals surface area contributed by atoms with E-state index in [1.165, 1.54) is 23.5 Å². The van der Waals surface area contributed by atoms with E-state index in [1.807, 2.05) is 13.8 Å². The number of alkyl halides is 2. The van der Waals surface area contributed by atoms with Gasteiger partial charge < -0.3 is 15.8 Å². The summed E-state index contributed by atoms with van der Waals surface area (Å²) in [6.07, 6.45) is 0. The van der Waals surface area contributed by atoms with Crippen LogP contribution in [0.4, 0.5) is 20.3 Å². The Hall–Kier alpha value is -2.46. The predicted molar refractivity (Wildman–Crippen MR) is 104 cm³/mol. The second-order valence-corrected chi connectivity index (χ2v) is 7.71. The highest BCUT2D eigenvalue weighted by molar-refractivity contribution is 7.99. The molecule has 0 saturated carbocycles. The van der Waals surface area contributed by atoms with Crippen LogP contribution in [0.2, 0.25) is 0 Å². The lowest BCUT2D eigenvalue weighted by Gasteiger charge is -2.11. The maximum absolute atomic E-state index is 12.4. The van der Waals surface area contributed by atoms with Crippen molar-refractivity contribution in [1.82, 2.24) is 9.97 Å². The molecule has 0 unspecified atom stereocenters. The number of carbonyl (C=O) groups excluding carboxylic acids is 1. The summed E-state index contributed by atoms with van der Waals surface area (Å²) in [5, 5.41) is 3.77. The van der Waals surface area contributed by atoms with E-state index in [4.69, 9.17) is 5.73 Å². The van der Waals surface area contributed by atoms with Crippen LogP contribution in [0.25, 0.3) is 10.2 Å². The normalized spacial score (nSPS) is 11.1. The van der Waals surface area contributed by atoms with Gasteiger partial charge in [0, 0.05) is 4.88 Å². The number of nitrogens with two attached hydrogens (primary N) is 1. The number of benzene rings is 1. The third-order valence-electron chi connectivity index (χ3n) is 3.75. The largest absolute Gasteiger partial charge is 0.433 e. The molecule has 3 aromatic rings. The molecule has 3 rings (SSSR count). The summed E-state index contributed by atoms with van der Waals surface area (Å²) in [4.78, 5) is 22.7. The van der Waals surface area contributed by atoms with Crippen LogP contribution in [0, 0.1) is 13.8 Å². The molecule has 3 N–H and O–H groups in total. The van der Waals surface area contributed by atoms with Crippen LogP contribution < -0.4 is 15.8 Å². The number of para-hydroxylation sites is 2. The van der Waals surface area contributed by atoms with E-state index in [2.05, 4.69) is 20.0 Å². The highest BCUT2D eigenvalue weighted by Gasteiger charge is 2.15. The van der Waals surface area contributed by atoms with Crippen molar-refractivity contribution in [2.45, 2.75) is 25.6 Å². The van der Waals surface area contributed by atoms with Crippen molar-refractivity contribution in [3.63, 3.8) is 0 Å². The summed E-state index contributed by atoms with van der Waals surface area (Å²) in [5.41, 5.74) is 7.24. The molecule has 0 radical (unpaired) electrons. The fraction of sp³-hybridized carbons (Fsp3) is 0.235. The number of ether oxygens (including phenoxy) is 1. The summed E-state index contributed by atoms with van der Waals surface area (Å²) in [5.74, 6) is -0.124. The molecule has 6 nitrogen and oxygen atoms in total. The quantitative estimate of drug-likeness (QED) is 0.467. The van der Waals surface area contributed by atoms with Gasteiger partial charge in [0.15, 0.2) is 5.16 Å². The van der Waals surface area contributed by atoms with E-state index in [9.17, 15) is 13.6 Å². The molecule has 0 aliphatic heterocycles. The Morgan fingerprint density at radius 1 is 1.33 bits per heavy atom. The highest BCUT2D eigenvalue weighted by atomic mass is 32.2. The number of anilines is 2. The van der Waals surface area contributed by atoms with Crippen LogP contribution in [-0.4, -0.2) is 28.2 Å². The number of rotatable bonds is 6. The number of amides is 1. The molecular formula is C17H16F2N4O2S2. The number of carbonyl (C=O) groups is 1. The predicted octanol–water partition coefficient (Wildman–Crippen LogP) is 4.22. The smallest absolute Gasteiger partial charge is 0.387 e. The summed E-state index contributed by atoms with van der Waals surface area (Å²) in [6, 6.07) is 5.99. The van der Waals surface area contributed by atoms with E-state index in [1.54, 1.807) is 12.1 Å². The van der Waals surface area contributed by atoms with Gasteiger partial charge >= 0.3 is 6.61 Å². The monoisotopic (exact) mass is 410 g/mol. The third kappa shape index (κ3) is 4.45. The Bertz CT molecular complexity index is 994. The molecule has 10 heteroatoms. The van der Waals surface area contributed by atoms with Crippen molar-refractivity contribution >= 4 is 50.7 Å². The second-order valence-electron chi connectivity index (χ2n) is 5.57. The Balaban J connectivity index is 1.69. The van der Waals surface area contributed by atoms with Crippen LogP contribution in [-0.2, 0) is 4.79 Å². The van der Waals surface area contributed by atoms with E-state index in [0.717, 1.165) is 32.4 Å². The van der Waals surface area contributed by atoms with Gasteiger partial charge in [0.05, 0.1) is 16.8 Å². The first-order chi connectivity index (χ1) is 12.8. The zero-order valence-corrected chi connectivity index (χ0v) is 16.1. The maximum Gasteiger partial charge on any atom is 0.387 e. The lowest BCUT2D eigenvalue weighted by atomic mass is 10.2. The number of aryl methyl sites for hydroxylation is 2. The number of hydrogen-bond acceptors (Lipinski definition) is 7. The summed E-state index contributed by atoms with van der Waals surface area (Å²) in [6.45, 7) is 0.978. The lowest BCUT2D eigenvalue weighted by Crippen LogP contribution is -2.16. The average molecular weight is 410 g/mol. The number of nitrogen functional groups attached to an aromatic ring is 1. The molecule has 0 spiro atoms. The van der Waals surface area contributed by atoms with Gasteiger partial charge in [0.25, 0.3) is 0 Å². The van der Waals surface area contributed by atoms with Gasteiger partial charge in [-0.2, -0.15) is 8.78 Å². The van der Waals surface area contributed by atoms with Crippen molar-refractivity contribution in [3.05, 3.63) is 34.7 Å². The minimum absolute atomic E-state index is 0.00268. The number of fused-ring (bicyclic) bond motifs is 1. The van der Waals surface area contributed by atoms with Crippen molar-refractivity contribution in [3.8, 4) is 5.75 Å². The highest BCUT2D eigenvalue weighted by Crippen LogP contribution is 2.33. The first kappa shape index (κ1) is 19.3. The van der Waals surface area contributed by atoms with E-state index in [-0.39, 0.29) is 17.2 Å². The number of hydrogen-bond donors (Lipinski definition) is 2. The van der Waals surface area contributed by atoms with E-state index < -0.39 is 12.5 Å². The molecular weight excluding hydrogens is 394 g/mol. The standard InChI is InChI=1S/C17H16F2N4O2S2/c1-8-9(2)27-15-13(8)14(20)22-17(23-15)26-7-12(24)21-10-5-3-4-6-11(10)25-16(18)19/h3-6,16H,7H2,1-2H3,(H,21,24)(H2,20,22,23). The molecule has 2 heterocycles. The molecule has 0 fully saturated rings. The van der Waals surface area contributed by atoms with Crippen LogP contribution in [0.1, 0.15) is 10.4 Å². The van der Waals surface area contributed by atoms with Gasteiger partial charge in [-0.25, -0.2) is 9.97 Å². The number of thiophene rings is 1. The lowest BCUT2D eigenvalue weighted by molar-refractivity contribution is -0.113. The Kier molecular flexibility index (Phi) is 5.76. The van der Waals surface area contributed by atoms with Crippen molar-refractivity contribution in [1.29, 1.82) is 0 Å². The molecule has 0 atom stereocenters. The van der Waals surface area contributed by atoms with Crippen molar-refractivity contribution in [2.24, 2.45) is 0 Å². The summed E-state index contributed by atoms with van der Waals surface area (Å²) in [7, 11) is 0. The van der Waals surface area contributed by atoms with E-state index in [0.29, 0.717) is 11.0 Å². The van der Waals surface area contributed by atoms with Gasteiger partial charge in [0.2, 0.25) is 5.91 Å². The minimum Gasteiger partial charge on any atom is -0.433 e. The zero-order chi connectivity index (χ0) is 19.6. The fourth-order valence-electron chi connectivity index (χ4n) is 2.41. The average Bonchev–Trinajstić information content (AvgIpc) is 2.89. The van der Waals surface area contributed by atoms with Gasteiger partial charge in [-0.3, -0.25) is 4.79 Å². The summed E-state index contributed by atoms with van der Waals surface area (Å²) < 4.78 is 29.3. The van der Waals surface area contributed by atoms with Crippen LogP contribution in [0.15, 0.2) is 29.4 Å². The van der Waals surface area contributed by atoms with Gasteiger partial charge in [-0.1, -0.05) is 23.9 Å². The zero-order valence-electron chi connectivity index (χ0n) is 14.5. The summed E-state index contributed by atoms with van der Waals surface area (Å²) >= 11 is 2.63. The minimum atomic E-state index is -2.97. The second kappa shape index (κ2) is 8.05. The topological polar surface area (TPSA) is 90.1 Å². The van der Waals surface area contributed by atoms with Crippen molar-refractivity contribution < 1.29 is 18.3 Å². The Morgan fingerprint density at radius 2 is 2.07 bits per heavy atom. The number of aromatic nitrogens is 2. The first-order valence-electron chi connectivity index (χ1n) is 7.85. The molecule has 142 valence electrons. The maximum atomic E-state index is 12.4. The van der Waals surface area contributed by atoms with Crippen LogP contribution in [0.5, 0.6) is 5.75 Å². The van der Waals surface area contributed by atoms with Crippen LogP contribution >= 0.6 is 23.1 Å². The molecule has 2 aromatic heterocycles.